The molecule has 17 heavy (non-hydrogen) atoms. The van der Waals surface area contributed by atoms with Crippen LogP contribution in [0.4, 0.5) is 13.2 Å². The van der Waals surface area contributed by atoms with Crippen molar-refractivity contribution in [2.24, 2.45) is 11.7 Å². The van der Waals surface area contributed by atoms with Gasteiger partial charge in [-0.05, 0) is 25.2 Å². The van der Waals surface area contributed by atoms with Crippen molar-refractivity contribution >= 4 is 0 Å². The minimum absolute atomic E-state index is 0.112. The smallest absolute Gasteiger partial charge is 0.381 e. The third kappa shape index (κ3) is 4.81. The van der Waals surface area contributed by atoms with Crippen molar-refractivity contribution in [3.63, 3.8) is 0 Å². The Labute approximate surface area is 99.4 Å². The molecule has 1 aliphatic rings. The monoisotopic (exact) mass is 255 g/mol. The first-order valence-corrected chi connectivity index (χ1v) is 5.96. The minimum Gasteiger partial charge on any atom is -0.381 e. The van der Waals surface area contributed by atoms with E-state index in [1.807, 2.05) is 0 Å². The lowest BCUT2D eigenvalue weighted by molar-refractivity contribution is -0.230. The second-order valence-electron chi connectivity index (χ2n) is 4.42. The first kappa shape index (κ1) is 14.7. The Hall–Kier alpha value is -0.330. The molecule has 1 fully saturated rings. The highest BCUT2D eigenvalue weighted by Gasteiger charge is 2.44. The maximum Gasteiger partial charge on any atom is 0.416 e. The van der Waals surface area contributed by atoms with Crippen LogP contribution in [0.15, 0.2) is 0 Å². The fourth-order valence-electron chi connectivity index (χ4n) is 1.83. The summed E-state index contributed by atoms with van der Waals surface area (Å²) in [5.41, 5.74) is 5.45. The zero-order chi connectivity index (χ0) is 12.9. The molecule has 1 rings (SSSR count). The van der Waals surface area contributed by atoms with E-state index in [1.54, 1.807) is 6.92 Å². The highest BCUT2D eigenvalue weighted by atomic mass is 19.4. The Morgan fingerprint density at radius 2 is 1.94 bits per heavy atom. The number of rotatable bonds is 5. The third-order valence-corrected chi connectivity index (χ3v) is 3.04. The zero-order valence-electron chi connectivity index (χ0n) is 10.0. The molecule has 0 aromatic heterocycles. The maximum absolute atomic E-state index is 12.7. The molecule has 1 saturated heterocycles. The van der Waals surface area contributed by atoms with E-state index >= 15 is 0 Å². The number of ether oxygens (including phenoxy) is 2. The summed E-state index contributed by atoms with van der Waals surface area (Å²) in [6.07, 6.45) is -4.48. The third-order valence-electron chi connectivity index (χ3n) is 3.04. The predicted octanol–water partition coefficient (Wildman–Crippen LogP) is 2.10. The molecule has 0 amide bonds. The second kappa shape index (κ2) is 6.56. The van der Waals surface area contributed by atoms with Gasteiger partial charge in [-0.2, -0.15) is 13.2 Å². The molecular weight excluding hydrogens is 235 g/mol. The fourth-order valence-corrected chi connectivity index (χ4v) is 1.83. The quantitative estimate of drug-likeness (QED) is 0.818. The largest absolute Gasteiger partial charge is 0.416 e. The van der Waals surface area contributed by atoms with Crippen molar-refractivity contribution in [1.29, 1.82) is 0 Å². The summed E-state index contributed by atoms with van der Waals surface area (Å²) in [7, 11) is 0. The minimum atomic E-state index is -4.39. The van der Waals surface area contributed by atoms with Gasteiger partial charge < -0.3 is 15.2 Å². The average Bonchev–Trinajstić information content (AvgIpc) is 2.28. The van der Waals surface area contributed by atoms with Gasteiger partial charge in [-0.15, -0.1) is 0 Å². The van der Waals surface area contributed by atoms with Gasteiger partial charge in [-0.25, -0.2) is 0 Å². The molecule has 0 spiro atoms. The SMILES string of the molecule is CCC(N)C(OCC1CCOCC1)C(F)(F)F. The number of nitrogens with two attached hydrogens (primary N) is 1. The number of hydrogen-bond donors (Lipinski definition) is 1. The highest BCUT2D eigenvalue weighted by molar-refractivity contribution is 4.79. The summed E-state index contributed by atoms with van der Waals surface area (Å²) >= 11 is 0. The van der Waals surface area contributed by atoms with Gasteiger partial charge >= 0.3 is 6.18 Å². The average molecular weight is 255 g/mol. The van der Waals surface area contributed by atoms with Crippen LogP contribution in [0.2, 0.25) is 0 Å². The van der Waals surface area contributed by atoms with Gasteiger partial charge in [-0.3, -0.25) is 0 Å². The predicted molar refractivity (Wildman–Crippen MR) is 57.6 cm³/mol. The van der Waals surface area contributed by atoms with Crippen LogP contribution in [0, 0.1) is 5.92 Å². The van der Waals surface area contributed by atoms with Crippen LogP contribution in [0.1, 0.15) is 26.2 Å². The Kier molecular flexibility index (Phi) is 5.69. The molecule has 2 N–H and O–H groups in total. The molecule has 0 aliphatic carbocycles. The molecule has 6 heteroatoms. The summed E-state index contributed by atoms with van der Waals surface area (Å²) in [6, 6.07) is -0.991. The number of hydrogen-bond acceptors (Lipinski definition) is 3. The van der Waals surface area contributed by atoms with Gasteiger partial charge in [0.05, 0.1) is 6.61 Å². The van der Waals surface area contributed by atoms with Gasteiger partial charge in [0.25, 0.3) is 0 Å². The van der Waals surface area contributed by atoms with Crippen LogP contribution < -0.4 is 5.73 Å². The molecule has 0 radical (unpaired) electrons. The van der Waals surface area contributed by atoms with Crippen LogP contribution in [0.5, 0.6) is 0 Å². The maximum atomic E-state index is 12.7. The van der Waals surface area contributed by atoms with E-state index in [2.05, 4.69) is 0 Å². The van der Waals surface area contributed by atoms with Gasteiger partial charge in [-0.1, -0.05) is 6.92 Å². The summed E-state index contributed by atoms with van der Waals surface area (Å²) in [6.45, 7) is 2.94. The second-order valence-corrected chi connectivity index (χ2v) is 4.42. The molecule has 0 bridgehead atoms. The van der Waals surface area contributed by atoms with Crippen molar-refractivity contribution in [3.8, 4) is 0 Å². The van der Waals surface area contributed by atoms with E-state index in [4.69, 9.17) is 15.2 Å². The Morgan fingerprint density at radius 1 is 1.35 bits per heavy atom. The van der Waals surface area contributed by atoms with Crippen LogP contribution >= 0.6 is 0 Å². The topological polar surface area (TPSA) is 44.5 Å². The van der Waals surface area contributed by atoms with Crippen molar-refractivity contribution in [2.45, 2.75) is 44.5 Å². The number of halogens is 3. The van der Waals surface area contributed by atoms with Crippen molar-refractivity contribution in [2.75, 3.05) is 19.8 Å². The lowest BCUT2D eigenvalue weighted by Gasteiger charge is -2.29. The highest BCUT2D eigenvalue weighted by Crippen LogP contribution is 2.27. The summed E-state index contributed by atoms with van der Waals surface area (Å²) in [5.74, 6) is 0.151. The van der Waals surface area contributed by atoms with E-state index in [9.17, 15) is 13.2 Å². The number of alkyl halides is 3. The first-order chi connectivity index (χ1) is 7.95. The standard InChI is InChI=1S/C11H20F3NO2/c1-2-9(15)10(11(12,13)14)17-7-8-3-5-16-6-4-8/h8-10H,2-7,15H2,1H3. The molecule has 3 nitrogen and oxygen atoms in total. The molecule has 1 aliphatic heterocycles. The van der Waals surface area contributed by atoms with Crippen LogP contribution in [0.25, 0.3) is 0 Å². The Balaban J connectivity index is 2.43. The summed E-state index contributed by atoms with van der Waals surface area (Å²) in [5, 5.41) is 0. The summed E-state index contributed by atoms with van der Waals surface area (Å²) in [4.78, 5) is 0. The van der Waals surface area contributed by atoms with Gasteiger partial charge in [0.15, 0.2) is 6.10 Å². The van der Waals surface area contributed by atoms with Gasteiger partial charge in [0, 0.05) is 19.3 Å². The van der Waals surface area contributed by atoms with Crippen molar-refractivity contribution in [1.82, 2.24) is 0 Å². The van der Waals surface area contributed by atoms with E-state index in [1.165, 1.54) is 0 Å². The molecule has 1 heterocycles. The van der Waals surface area contributed by atoms with E-state index in [0.29, 0.717) is 13.2 Å². The van der Waals surface area contributed by atoms with Crippen molar-refractivity contribution < 1.29 is 22.6 Å². The van der Waals surface area contributed by atoms with E-state index in [-0.39, 0.29) is 18.9 Å². The Morgan fingerprint density at radius 3 is 2.41 bits per heavy atom. The lowest BCUT2D eigenvalue weighted by atomic mass is 10.0. The molecule has 0 aromatic rings. The van der Waals surface area contributed by atoms with Crippen LogP contribution in [-0.2, 0) is 9.47 Å². The molecule has 0 aromatic carbocycles. The molecule has 2 atom stereocenters. The summed E-state index contributed by atoms with van der Waals surface area (Å²) < 4.78 is 48.2. The molecule has 102 valence electrons. The normalized spacial score (nSPS) is 22.4. The van der Waals surface area contributed by atoms with Gasteiger partial charge in [0.2, 0.25) is 0 Å². The van der Waals surface area contributed by atoms with E-state index in [0.717, 1.165) is 12.8 Å². The first-order valence-electron chi connectivity index (χ1n) is 5.96. The van der Waals surface area contributed by atoms with Crippen LogP contribution in [0.3, 0.4) is 0 Å². The van der Waals surface area contributed by atoms with Crippen LogP contribution in [-0.4, -0.2) is 38.1 Å². The Bertz CT molecular complexity index is 217. The molecule has 0 saturated carbocycles. The van der Waals surface area contributed by atoms with E-state index < -0.39 is 18.3 Å². The molecule has 2 unspecified atom stereocenters. The fraction of sp³-hybridized carbons (Fsp3) is 1.00. The zero-order valence-corrected chi connectivity index (χ0v) is 10.0. The lowest BCUT2D eigenvalue weighted by Crippen LogP contribution is -2.47. The molecular formula is C11H20F3NO2. The van der Waals surface area contributed by atoms with Gasteiger partial charge in [0.1, 0.15) is 0 Å². The van der Waals surface area contributed by atoms with Crippen molar-refractivity contribution in [3.05, 3.63) is 0 Å².